The van der Waals surface area contributed by atoms with Crippen molar-refractivity contribution in [2.24, 2.45) is 17.8 Å². The number of carbonyl (C=O) groups is 1. The van der Waals surface area contributed by atoms with E-state index in [0.29, 0.717) is 12.0 Å². The number of aliphatic hydroxyl groups is 3. The maximum atomic E-state index is 13.5. The summed E-state index contributed by atoms with van der Waals surface area (Å²) in [6.07, 6.45) is 11.4. The number of aliphatic hydroxyl groups excluding tert-OH is 2. The van der Waals surface area contributed by atoms with Gasteiger partial charge >= 0.3 is 5.97 Å². The van der Waals surface area contributed by atoms with Gasteiger partial charge in [-0.1, -0.05) is 57.6 Å². The molecule has 8 heteroatoms. The van der Waals surface area contributed by atoms with Gasteiger partial charge in [0, 0.05) is 17.9 Å². The van der Waals surface area contributed by atoms with E-state index in [4.69, 9.17) is 18.9 Å². The molecule has 38 heavy (non-hydrogen) atoms. The molecule has 3 saturated heterocycles. The topological polar surface area (TPSA) is 118 Å². The van der Waals surface area contributed by atoms with E-state index in [1.54, 1.807) is 19.1 Å². The lowest BCUT2D eigenvalue weighted by Gasteiger charge is -2.59. The number of ether oxygens (including phenoxy) is 4. The van der Waals surface area contributed by atoms with E-state index < -0.39 is 70.9 Å². The van der Waals surface area contributed by atoms with Gasteiger partial charge in [-0.2, -0.15) is 0 Å². The van der Waals surface area contributed by atoms with Crippen LogP contribution in [-0.4, -0.2) is 74.4 Å². The number of hydrogen-bond donors (Lipinski definition) is 3. The van der Waals surface area contributed by atoms with Gasteiger partial charge in [-0.25, -0.2) is 0 Å². The Morgan fingerprint density at radius 3 is 2.66 bits per heavy atom. The predicted molar refractivity (Wildman–Crippen MR) is 138 cm³/mol. The number of fused-ring (bicyclic) bond motifs is 3. The van der Waals surface area contributed by atoms with Crippen LogP contribution in [0.1, 0.15) is 59.8 Å². The van der Waals surface area contributed by atoms with Crippen LogP contribution in [-0.2, 0) is 23.7 Å². The van der Waals surface area contributed by atoms with Crippen LogP contribution in [0.4, 0.5) is 0 Å². The Morgan fingerprint density at radius 2 is 1.97 bits per heavy atom. The Hall–Kier alpha value is -1.65. The van der Waals surface area contributed by atoms with E-state index in [-0.39, 0.29) is 5.92 Å². The second-order valence-electron chi connectivity index (χ2n) is 12.3. The summed E-state index contributed by atoms with van der Waals surface area (Å²) in [4.78, 5) is 13.5. The van der Waals surface area contributed by atoms with E-state index >= 15 is 0 Å². The molecular weight excluding hydrogens is 488 g/mol. The highest BCUT2D eigenvalue weighted by Crippen LogP contribution is 2.72. The average molecular weight is 529 g/mol. The van der Waals surface area contributed by atoms with Crippen LogP contribution in [0.2, 0.25) is 0 Å². The molecule has 3 bridgehead atoms. The first-order chi connectivity index (χ1) is 18.0. The first kappa shape index (κ1) is 26.6. The van der Waals surface area contributed by atoms with Crippen LogP contribution in [0.3, 0.4) is 0 Å². The zero-order valence-electron chi connectivity index (χ0n) is 22.7. The quantitative estimate of drug-likeness (QED) is 0.191. The Kier molecular flexibility index (Phi) is 5.89. The van der Waals surface area contributed by atoms with Gasteiger partial charge in [0.15, 0.2) is 11.4 Å². The number of epoxide rings is 1. The molecule has 5 fully saturated rings. The Bertz CT molecular complexity index is 1140. The maximum Gasteiger partial charge on any atom is 0.306 e. The van der Waals surface area contributed by atoms with E-state index in [0.717, 1.165) is 24.8 Å². The minimum Gasteiger partial charge on any atom is -0.393 e. The molecule has 0 spiro atoms. The summed E-state index contributed by atoms with van der Waals surface area (Å²) in [5, 5.41) is 34.1. The van der Waals surface area contributed by atoms with Crippen molar-refractivity contribution >= 4 is 5.78 Å². The molecule has 6 aliphatic rings. The van der Waals surface area contributed by atoms with Crippen LogP contribution in [0.5, 0.6) is 0 Å². The zero-order chi connectivity index (χ0) is 27.3. The van der Waals surface area contributed by atoms with Crippen molar-refractivity contribution in [2.75, 3.05) is 6.61 Å². The molecule has 0 amide bonds. The number of ketones is 1. The molecule has 8 nitrogen and oxygen atoms in total. The van der Waals surface area contributed by atoms with E-state index in [1.807, 2.05) is 26.0 Å². The van der Waals surface area contributed by atoms with Gasteiger partial charge in [-0.15, -0.1) is 0 Å². The Balaban J connectivity index is 1.48. The van der Waals surface area contributed by atoms with Crippen molar-refractivity contribution in [3.63, 3.8) is 0 Å². The van der Waals surface area contributed by atoms with Crippen LogP contribution in [0.25, 0.3) is 0 Å². The highest BCUT2D eigenvalue weighted by molar-refractivity contribution is 6.05. The largest absolute Gasteiger partial charge is 0.393 e. The van der Waals surface area contributed by atoms with E-state index in [2.05, 4.69) is 19.6 Å². The molecule has 0 aromatic rings. The first-order valence-corrected chi connectivity index (χ1v) is 14.0. The van der Waals surface area contributed by atoms with Gasteiger partial charge in [-0.3, -0.25) is 4.79 Å². The number of allylic oxidation sites excluding steroid dienone is 3. The highest BCUT2D eigenvalue weighted by atomic mass is 16.9. The summed E-state index contributed by atoms with van der Waals surface area (Å²) in [6.45, 7) is 11.5. The molecule has 1 unspecified atom stereocenters. The summed E-state index contributed by atoms with van der Waals surface area (Å²) in [6, 6.07) is 0. The second-order valence-corrected chi connectivity index (χ2v) is 12.3. The molecule has 3 heterocycles. The normalized spacial score (nSPS) is 52.2. The lowest BCUT2D eigenvalue weighted by Crippen LogP contribution is -2.72. The highest BCUT2D eigenvalue weighted by Gasteiger charge is 2.88. The number of rotatable bonds is 8. The average Bonchev–Trinajstić information content (AvgIpc) is 3.52. The van der Waals surface area contributed by atoms with Crippen LogP contribution in [0.15, 0.2) is 48.1 Å². The predicted octanol–water partition coefficient (Wildman–Crippen LogP) is 2.87. The number of Topliss-reactive ketones (excluding diaryl/α,β-unsaturated/α-hetero) is 1. The molecular formula is C30H40O8. The van der Waals surface area contributed by atoms with Gasteiger partial charge in [0.05, 0.1) is 12.2 Å². The fourth-order valence-corrected chi connectivity index (χ4v) is 8.28. The van der Waals surface area contributed by atoms with Crippen LogP contribution in [0, 0.1) is 17.8 Å². The molecule has 3 aliphatic carbocycles. The van der Waals surface area contributed by atoms with Gasteiger partial charge in [0.1, 0.15) is 29.5 Å². The standard InChI is InChI=1S/C30H40O8/c1-6-7-8-9-10-11-12-13-28-36-23-21-24-27(16-31,35-24)25(33)29(34)20(14-18(4)22(29)32)30(21,38-28)19(5)15-26(23,37-28)17(2)3/h10-14,19-21,23-25,31,33-34H,2,6-9,15-16H2,1,3-5H3/b11-10+,13-12+/t19-,20-,21-,23-,24+,25-,26-,27+,28-,29-,30?/m1/s1. The van der Waals surface area contributed by atoms with Gasteiger partial charge in [0.2, 0.25) is 0 Å². The van der Waals surface area contributed by atoms with Crippen molar-refractivity contribution in [2.45, 2.75) is 106 Å². The molecule has 2 saturated carbocycles. The summed E-state index contributed by atoms with van der Waals surface area (Å²) in [5.41, 5.74) is -4.66. The van der Waals surface area contributed by atoms with Crippen molar-refractivity contribution in [3.05, 3.63) is 48.1 Å². The van der Waals surface area contributed by atoms with Gasteiger partial charge in [-0.05, 0) is 50.2 Å². The van der Waals surface area contributed by atoms with E-state index in [1.165, 1.54) is 6.42 Å². The minimum atomic E-state index is -2.21. The van der Waals surface area contributed by atoms with Gasteiger partial charge < -0.3 is 34.3 Å². The SMILES string of the molecule is C=C(C)[C@]12C[C@@H](C)C34O[C@](/C=C/C=C/CCCCC)(O[C@@H]1[C@@H]3[C@@H]1O[C@]1(CO)[C@@H](O)[C@]1(O)C(=O)C(C)=C[C@@H]41)O2. The monoisotopic (exact) mass is 528 g/mol. The fraction of sp³-hybridized carbons (Fsp3) is 0.700. The van der Waals surface area contributed by atoms with Crippen molar-refractivity contribution in [1.29, 1.82) is 0 Å². The Labute approximate surface area is 224 Å². The molecule has 6 rings (SSSR count). The smallest absolute Gasteiger partial charge is 0.306 e. The second kappa shape index (κ2) is 8.43. The lowest BCUT2D eigenvalue weighted by atomic mass is 9.54. The number of hydrogen-bond acceptors (Lipinski definition) is 8. The van der Waals surface area contributed by atoms with Crippen LogP contribution < -0.4 is 0 Å². The molecule has 0 aromatic carbocycles. The maximum absolute atomic E-state index is 13.5. The summed E-state index contributed by atoms with van der Waals surface area (Å²) in [7, 11) is 0. The molecule has 0 radical (unpaired) electrons. The summed E-state index contributed by atoms with van der Waals surface area (Å²) >= 11 is 0. The Morgan fingerprint density at radius 1 is 1.21 bits per heavy atom. The molecule has 3 N–H and O–H groups in total. The summed E-state index contributed by atoms with van der Waals surface area (Å²) < 4.78 is 26.3. The third-order valence-electron chi connectivity index (χ3n) is 10.2. The third-order valence-corrected chi connectivity index (χ3v) is 10.2. The zero-order valence-corrected chi connectivity index (χ0v) is 22.7. The molecule has 208 valence electrons. The first-order valence-electron chi connectivity index (χ1n) is 14.0. The fourth-order valence-electron chi connectivity index (χ4n) is 8.28. The van der Waals surface area contributed by atoms with Crippen molar-refractivity contribution in [3.8, 4) is 0 Å². The lowest BCUT2D eigenvalue weighted by molar-refractivity contribution is -0.406. The van der Waals surface area contributed by atoms with Crippen molar-refractivity contribution < 1.29 is 39.1 Å². The molecule has 11 atom stereocenters. The molecule has 3 aliphatic heterocycles. The minimum absolute atomic E-state index is 0.235. The third kappa shape index (κ3) is 3.03. The van der Waals surface area contributed by atoms with E-state index in [9.17, 15) is 20.1 Å². The van der Waals surface area contributed by atoms with Crippen molar-refractivity contribution in [1.82, 2.24) is 0 Å². The number of carbonyl (C=O) groups excluding carboxylic acids is 1. The van der Waals surface area contributed by atoms with Crippen LogP contribution >= 0.6 is 0 Å². The van der Waals surface area contributed by atoms with Gasteiger partial charge in [0.25, 0.3) is 0 Å². The number of unbranched alkanes of at least 4 members (excludes halogenated alkanes) is 3. The molecule has 0 aromatic heterocycles. The summed E-state index contributed by atoms with van der Waals surface area (Å²) in [5.74, 6) is -3.79.